The zero-order chi connectivity index (χ0) is 15.0. The molecule has 0 saturated heterocycles. The Kier molecular flexibility index (Phi) is 3.39. The molecular weight excluding hydrogens is 270 g/mol. The third-order valence-corrected chi connectivity index (χ3v) is 3.81. The van der Waals surface area contributed by atoms with E-state index in [9.17, 15) is 9.90 Å². The van der Waals surface area contributed by atoms with Gasteiger partial charge in [0.05, 0.1) is 12.8 Å². The number of rotatable bonds is 3. The zero-order valence-electron chi connectivity index (χ0n) is 11.7. The van der Waals surface area contributed by atoms with Gasteiger partial charge in [-0.1, -0.05) is 0 Å². The van der Waals surface area contributed by atoms with Crippen molar-refractivity contribution in [2.24, 2.45) is 5.73 Å². The summed E-state index contributed by atoms with van der Waals surface area (Å²) in [6, 6.07) is 7.14. The van der Waals surface area contributed by atoms with Crippen LogP contribution < -0.4 is 10.5 Å². The van der Waals surface area contributed by atoms with Gasteiger partial charge in [0.15, 0.2) is 5.69 Å². The van der Waals surface area contributed by atoms with Crippen LogP contribution in [0.3, 0.4) is 0 Å². The predicted molar refractivity (Wildman–Crippen MR) is 77.3 cm³/mol. The topological polar surface area (TPSA) is 90.4 Å². The van der Waals surface area contributed by atoms with Crippen LogP contribution >= 0.6 is 0 Å². The van der Waals surface area contributed by atoms with E-state index in [1.807, 2.05) is 28.8 Å². The van der Waals surface area contributed by atoms with Crippen molar-refractivity contribution in [1.82, 2.24) is 9.55 Å². The molecule has 0 spiro atoms. The number of nitrogens with zero attached hydrogens (tertiary/aromatic N) is 2. The average molecular weight is 287 g/mol. The van der Waals surface area contributed by atoms with E-state index < -0.39 is 5.97 Å². The zero-order valence-corrected chi connectivity index (χ0v) is 11.7. The Morgan fingerprint density at radius 2 is 2.14 bits per heavy atom. The summed E-state index contributed by atoms with van der Waals surface area (Å²) in [5, 5.41) is 9.35. The molecule has 3 rings (SSSR count). The summed E-state index contributed by atoms with van der Waals surface area (Å²) < 4.78 is 7.07. The maximum Gasteiger partial charge on any atom is 0.356 e. The van der Waals surface area contributed by atoms with Crippen LogP contribution in [0.5, 0.6) is 5.75 Å². The van der Waals surface area contributed by atoms with E-state index >= 15 is 0 Å². The Hall–Kier alpha value is -2.34. The highest BCUT2D eigenvalue weighted by molar-refractivity contribution is 5.88. The van der Waals surface area contributed by atoms with Gasteiger partial charge in [-0.05, 0) is 37.1 Å². The van der Waals surface area contributed by atoms with Crippen molar-refractivity contribution in [1.29, 1.82) is 0 Å². The maximum absolute atomic E-state index is 11.4. The van der Waals surface area contributed by atoms with Gasteiger partial charge in [-0.3, -0.25) is 0 Å². The number of ether oxygens (including phenoxy) is 1. The standard InChI is InChI=1S/C15H17N3O3/c1-21-10-6-4-9(5-7-10)14-17-12(15(19)20)13-11(16)3-2-8-18(13)14/h4-7,11H,2-3,8,16H2,1H3,(H,19,20). The molecular formula is C15H17N3O3. The predicted octanol–water partition coefficient (Wildman–Crippen LogP) is 2.05. The van der Waals surface area contributed by atoms with E-state index in [0.717, 1.165) is 30.7 Å². The third kappa shape index (κ3) is 2.27. The first-order valence-electron chi connectivity index (χ1n) is 6.85. The number of nitrogens with two attached hydrogens (primary N) is 1. The van der Waals surface area contributed by atoms with Crippen LogP contribution in [0.15, 0.2) is 24.3 Å². The minimum absolute atomic E-state index is 0.0630. The summed E-state index contributed by atoms with van der Waals surface area (Å²) in [6.45, 7) is 0.741. The molecule has 110 valence electrons. The third-order valence-electron chi connectivity index (χ3n) is 3.81. The molecule has 0 aliphatic carbocycles. The summed E-state index contributed by atoms with van der Waals surface area (Å²) in [4.78, 5) is 15.7. The molecule has 1 atom stereocenters. The molecule has 2 aromatic rings. The van der Waals surface area contributed by atoms with Gasteiger partial charge in [-0.25, -0.2) is 9.78 Å². The van der Waals surface area contributed by atoms with Crippen molar-refractivity contribution < 1.29 is 14.6 Å². The molecule has 1 aliphatic heterocycles. The van der Waals surface area contributed by atoms with Crippen LogP contribution in [0.1, 0.15) is 35.1 Å². The minimum atomic E-state index is -1.03. The molecule has 0 bridgehead atoms. The first-order chi connectivity index (χ1) is 10.1. The van der Waals surface area contributed by atoms with Gasteiger partial charge in [0.25, 0.3) is 0 Å². The van der Waals surface area contributed by atoms with Crippen molar-refractivity contribution in [3.63, 3.8) is 0 Å². The van der Waals surface area contributed by atoms with Crippen molar-refractivity contribution in [2.75, 3.05) is 7.11 Å². The fourth-order valence-corrected chi connectivity index (χ4v) is 2.79. The Bertz CT molecular complexity index is 676. The Labute approximate surface area is 122 Å². The molecule has 2 heterocycles. The van der Waals surface area contributed by atoms with Crippen LogP contribution in [0, 0.1) is 0 Å². The van der Waals surface area contributed by atoms with Gasteiger partial charge in [-0.2, -0.15) is 0 Å². The summed E-state index contributed by atoms with van der Waals surface area (Å²) in [6.07, 6.45) is 1.71. The lowest BCUT2D eigenvalue weighted by Gasteiger charge is -2.22. The van der Waals surface area contributed by atoms with Gasteiger partial charge in [-0.15, -0.1) is 0 Å². The van der Waals surface area contributed by atoms with E-state index in [-0.39, 0.29) is 11.7 Å². The monoisotopic (exact) mass is 287 g/mol. The molecule has 3 N–H and O–H groups in total. The molecule has 0 fully saturated rings. The van der Waals surface area contributed by atoms with E-state index in [2.05, 4.69) is 4.98 Å². The van der Waals surface area contributed by atoms with Crippen molar-refractivity contribution >= 4 is 5.97 Å². The van der Waals surface area contributed by atoms with E-state index in [4.69, 9.17) is 10.5 Å². The second-order valence-corrected chi connectivity index (χ2v) is 5.10. The number of carbonyl (C=O) groups is 1. The lowest BCUT2D eigenvalue weighted by molar-refractivity contribution is 0.0688. The lowest BCUT2D eigenvalue weighted by Crippen LogP contribution is -2.23. The number of carboxylic acids is 1. The average Bonchev–Trinajstić information content (AvgIpc) is 2.88. The van der Waals surface area contributed by atoms with Crippen molar-refractivity contribution in [3.8, 4) is 17.1 Å². The number of benzene rings is 1. The van der Waals surface area contributed by atoms with Crippen molar-refractivity contribution in [3.05, 3.63) is 35.7 Å². The Morgan fingerprint density at radius 1 is 1.43 bits per heavy atom. The highest BCUT2D eigenvalue weighted by Gasteiger charge is 2.29. The molecule has 1 aromatic carbocycles. The normalized spacial score (nSPS) is 17.3. The van der Waals surface area contributed by atoms with E-state index in [1.54, 1.807) is 7.11 Å². The highest BCUT2D eigenvalue weighted by atomic mass is 16.5. The van der Waals surface area contributed by atoms with Gasteiger partial charge < -0.3 is 20.1 Å². The molecule has 6 heteroatoms. The molecule has 1 aromatic heterocycles. The van der Waals surface area contributed by atoms with E-state index in [0.29, 0.717) is 11.5 Å². The van der Waals surface area contributed by atoms with E-state index in [1.165, 1.54) is 0 Å². The summed E-state index contributed by atoms with van der Waals surface area (Å²) >= 11 is 0. The number of fused-ring (bicyclic) bond motifs is 1. The SMILES string of the molecule is COc1ccc(-c2nc(C(=O)O)c3n2CCCC3N)cc1. The molecule has 0 amide bonds. The second kappa shape index (κ2) is 5.21. The number of hydrogen-bond acceptors (Lipinski definition) is 4. The number of methoxy groups -OCH3 is 1. The summed E-state index contributed by atoms with van der Waals surface area (Å²) in [7, 11) is 1.61. The number of imidazole rings is 1. The Balaban J connectivity index is 2.14. The van der Waals surface area contributed by atoms with Crippen LogP contribution in [0.25, 0.3) is 11.4 Å². The van der Waals surface area contributed by atoms with Crippen LogP contribution in [0.4, 0.5) is 0 Å². The first kappa shape index (κ1) is 13.6. The quantitative estimate of drug-likeness (QED) is 0.901. The molecule has 1 aliphatic rings. The minimum Gasteiger partial charge on any atom is -0.497 e. The van der Waals surface area contributed by atoms with Crippen LogP contribution in [-0.4, -0.2) is 27.7 Å². The van der Waals surface area contributed by atoms with Gasteiger partial charge in [0.1, 0.15) is 11.6 Å². The van der Waals surface area contributed by atoms with Crippen LogP contribution in [-0.2, 0) is 6.54 Å². The lowest BCUT2D eigenvalue weighted by atomic mass is 10.0. The molecule has 21 heavy (non-hydrogen) atoms. The fraction of sp³-hybridized carbons (Fsp3) is 0.333. The largest absolute Gasteiger partial charge is 0.497 e. The summed E-state index contributed by atoms with van der Waals surface area (Å²) in [5.41, 5.74) is 7.63. The first-order valence-corrected chi connectivity index (χ1v) is 6.85. The Morgan fingerprint density at radius 3 is 2.76 bits per heavy atom. The fourth-order valence-electron chi connectivity index (χ4n) is 2.79. The van der Waals surface area contributed by atoms with Crippen LogP contribution in [0.2, 0.25) is 0 Å². The number of aromatic nitrogens is 2. The van der Waals surface area contributed by atoms with Gasteiger partial charge >= 0.3 is 5.97 Å². The number of carboxylic acid groups (broad SMARTS) is 1. The summed E-state index contributed by atoms with van der Waals surface area (Å²) in [5.74, 6) is 0.371. The van der Waals surface area contributed by atoms with Gasteiger partial charge in [0, 0.05) is 18.2 Å². The molecule has 6 nitrogen and oxygen atoms in total. The molecule has 0 saturated carbocycles. The smallest absolute Gasteiger partial charge is 0.356 e. The van der Waals surface area contributed by atoms with Crippen molar-refractivity contribution in [2.45, 2.75) is 25.4 Å². The second-order valence-electron chi connectivity index (χ2n) is 5.10. The van der Waals surface area contributed by atoms with Gasteiger partial charge in [0.2, 0.25) is 0 Å². The molecule has 0 radical (unpaired) electrons. The highest BCUT2D eigenvalue weighted by Crippen LogP contribution is 2.32. The maximum atomic E-state index is 11.4. The number of aromatic carboxylic acids is 1. The number of hydrogen-bond donors (Lipinski definition) is 2. The molecule has 1 unspecified atom stereocenters.